The molecule has 1 fully saturated rings. The minimum absolute atomic E-state index is 0. The second kappa shape index (κ2) is 8.19. The molecule has 18 heavy (non-hydrogen) atoms. The van der Waals surface area contributed by atoms with Gasteiger partial charge >= 0.3 is 0 Å². The van der Waals surface area contributed by atoms with Gasteiger partial charge in [0.1, 0.15) is 0 Å². The van der Waals surface area contributed by atoms with Gasteiger partial charge in [-0.05, 0) is 52.9 Å². The van der Waals surface area contributed by atoms with Gasteiger partial charge in [0.25, 0.3) is 0 Å². The zero-order chi connectivity index (χ0) is 12.9. The van der Waals surface area contributed by atoms with Crippen LogP contribution in [0.2, 0.25) is 0 Å². The van der Waals surface area contributed by atoms with Gasteiger partial charge in [-0.15, -0.1) is 24.0 Å². The highest BCUT2D eigenvalue weighted by Crippen LogP contribution is 2.22. The maximum Gasteiger partial charge on any atom is 0.188 e. The molecule has 0 radical (unpaired) electrons. The van der Waals surface area contributed by atoms with Crippen LogP contribution in [0.4, 0.5) is 0 Å². The standard InChI is InChI=1S/C13H27N3O.HI/c1-10-9-11(6-8-17-10)5-7-15-12(14)16-13(2,3)4;/h10-11H,5-9H2,1-4H3,(H3,14,15,16);1H. The summed E-state index contributed by atoms with van der Waals surface area (Å²) in [4.78, 5) is 4.37. The van der Waals surface area contributed by atoms with Crippen LogP contribution in [0.5, 0.6) is 0 Å². The second-order valence-corrected chi connectivity index (χ2v) is 6.00. The first-order chi connectivity index (χ1) is 7.87. The van der Waals surface area contributed by atoms with Crippen molar-refractivity contribution in [2.45, 2.75) is 58.6 Å². The maximum atomic E-state index is 5.82. The maximum absolute atomic E-state index is 5.82. The van der Waals surface area contributed by atoms with E-state index in [1.807, 2.05) is 0 Å². The number of aliphatic imine (C=N–C) groups is 1. The van der Waals surface area contributed by atoms with Crippen LogP contribution in [0, 0.1) is 5.92 Å². The van der Waals surface area contributed by atoms with Gasteiger partial charge in [0, 0.05) is 18.7 Å². The number of nitrogens with one attached hydrogen (secondary N) is 1. The number of halogens is 1. The van der Waals surface area contributed by atoms with Gasteiger partial charge in [-0.25, -0.2) is 0 Å². The summed E-state index contributed by atoms with van der Waals surface area (Å²) < 4.78 is 5.53. The van der Waals surface area contributed by atoms with Crippen molar-refractivity contribution in [2.75, 3.05) is 13.2 Å². The molecule has 0 aromatic heterocycles. The van der Waals surface area contributed by atoms with E-state index in [4.69, 9.17) is 10.5 Å². The molecule has 1 aliphatic rings. The van der Waals surface area contributed by atoms with Gasteiger partial charge in [-0.1, -0.05) is 0 Å². The monoisotopic (exact) mass is 369 g/mol. The minimum Gasteiger partial charge on any atom is -0.378 e. The number of hydrogen-bond donors (Lipinski definition) is 2. The van der Waals surface area contributed by atoms with Crippen LogP contribution in [0.15, 0.2) is 4.99 Å². The molecule has 0 amide bonds. The van der Waals surface area contributed by atoms with Crippen LogP contribution < -0.4 is 11.1 Å². The van der Waals surface area contributed by atoms with E-state index in [2.05, 4.69) is 38.0 Å². The molecule has 108 valence electrons. The molecular weight excluding hydrogens is 341 g/mol. The number of nitrogens with two attached hydrogens (primary N) is 1. The predicted molar refractivity (Wildman–Crippen MR) is 87.5 cm³/mol. The lowest BCUT2D eigenvalue weighted by Crippen LogP contribution is -2.45. The zero-order valence-electron chi connectivity index (χ0n) is 12.0. The van der Waals surface area contributed by atoms with Crippen LogP contribution >= 0.6 is 24.0 Å². The number of ether oxygens (including phenoxy) is 1. The van der Waals surface area contributed by atoms with Crippen LogP contribution in [0.25, 0.3) is 0 Å². The first-order valence-corrected chi connectivity index (χ1v) is 6.56. The van der Waals surface area contributed by atoms with Gasteiger partial charge in [0.15, 0.2) is 5.96 Å². The third-order valence-corrected chi connectivity index (χ3v) is 2.92. The Bertz CT molecular complexity index is 263. The fourth-order valence-electron chi connectivity index (χ4n) is 2.14. The Labute approximate surface area is 128 Å². The number of hydrogen-bond acceptors (Lipinski definition) is 2. The fourth-order valence-corrected chi connectivity index (χ4v) is 2.14. The molecule has 2 unspecified atom stereocenters. The molecule has 0 aromatic rings. The van der Waals surface area contributed by atoms with Crippen molar-refractivity contribution in [1.29, 1.82) is 0 Å². The Kier molecular flexibility index (Phi) is 8.18. The summed E-state index contributed by atoms with van der Waals surface area (Å²) >= 11 is 0. The number of rotatable bonds is 3. The van der Waals surface area contributed by atoms with Crippen LogP contribution in [-0.2, 0) is 4.74 Å². The summed E-state index contributed by atoms with van der Waals surface area (Å²) in [5.74, 6) is 1.29. The van der Waals surface area contributed by atoms with E-state index in [0.29, 0.717) is 12.1 Å². The highest BCUT2D eigenvalue weighted by Gasteiger charge is 2.18. The van der Waals surface area contributed by atoms with Gasteiger partial charge in [0.05, 0.1) is 6.10 Å². The summed E-state index contributed by atoms with van der Waals surface area (Å²) in [5.41, 5.74) is 5.80. The van der Waals surface area contributed by atoms with Gasteiger partial charge in [-0.2, -0.15) is 0 Å². The Hall–Kier alpha value is -0.0400. The van der Waals surface area contributed by atoms with Crippen molar-refractivity contribution < 1.29 is 4.74 Å². The molecular formula is C13H28IN3O. The molecule has 2 atom stereocenters. The zero-order valence-corrected chi connectivity index (χ0v) is 14.4. The molecule has 0 spiro atoms. The fraction of sp³-hybridized carbons (Fsp3) is 0.923. The topological polar surface area (TPSA) is 59.6 Å². The van der Waals surface area contributed by atoms with Crippen molar-refractivity contribution in [3.63, 3.8) is 0 Å². The average molecular weight is 369 g/mol. The molecule has 1 rings (SSSR count). The third kappa shape index (κ3) is 8.13. The lowest BCUT2D eigenvalue weighted by atomic mass is 9.93. The molecule has 5 heteroatoms. The van der Waals surface area contributed by atoms with Crippen molar-refractivity contribution in [1.82, 2.24) is 5.32 Å². The molecule has 0 bridgehead atoms. The van der Waals surface area contributed by atoms with E-state index >= 15 is 0 Å². The molecule has 0 aromatic carbocycles. The Morgan fingerprint density at radius 1 is 1.44 bits per heavy atom. The summed E-state index contributed by atoms with van der Waals surface area (Å²) in [7, 11) is 0. The van der Waals surface area contributed by atoms with Crippen LogP contribution in [0.1, 0.15) is 47.0 Å². The highest BCUT2D eigenvalue weighted by atomic mass is 127. The Morgan fingerprint density at radius 2 is 2.11 bits per heavy atom. The molecule has 4 nitrogen and oxygen atoms in total. The largest absolute Gasteiger partial charge is 0.378 e. The number of nitrogens with zero attached hydrogens (tertiary/aromatic N) is 1. The number of guanidine groups is 1. The molecule has 1 saturated heterocycles. The first kappa shape index (κ1) is 18.0. The van der Waals surface area contributed by atoms with Gasteiger partial charge in [0.2, 0.25) is 0 Å². The van der Waals surface area contributed by atoms with E-state index in [-0.39, 0.29) is 29.5 Å². The summed E-state index contributed by atoms with van der Waals surface area (Å²) in [6.45, 7) is 10.1. The summed E-state index contributed by atoms with van der Waals surface area (Å²) in [5, 5.41) is 3.17. The van der Waals surface area contributed by atoms with E-state index in [1.165, 1.54) is 0 Å². The molecule has 1 heterocycles. The first-order valence-electron chi connectivity index (χ1n) is 6.56. The second-order valence-electron chi connectivity index (χ2n) is 6.00. The Balaban J connectivity index is 0.00000289. The lowest BCUT2D eigenvalue weighted by Gasteiger charge is -2.26. The van der Waals surface area contributed by atoms with Crippen molar-refractivity contribution in [2.24, 2.45) is 16.6 Å². The quantitative estimate of drug-likeness (QED) is 0.457. The highest BCUT2D eigenvalue weighted by molar-refractivity contribution is 14.0. The lowest BCUT2D eigenvalue weighted by molar-refractivity contribution is 0.00148. The van der Waals surface area contributed by atoms with E-state index < -0.39 is 0 Å². The smallest absolute Gasteiger partial charge is 0.188 e. The van der Waals surface area contributed by atoms with Gasteiger partial charge in [-0.3, -0.25) is 4.99 Å². The van der Waals surface area contributed by atoms with Crippen LogP contribution in [-0.4, -0.2) is 30.8 Å². The average Bonchev–Trinajstić information content (AvgIpc) is 2.14. The molecule has 1 aliphatic heterocycles. The predicted octanol–water partition coefficient (Wildman–Crippen LogP) is 2.51. The normalized spacial score (nSPS) is 25.4. The van der Waals surface area contributed by atoms with Gasteiger partial charge < -0.3 is 15.8 Å². The summed E-state index contributed by atoms with van der Waals surface area (Å²) in [6.07, 6.45) is 3.83. The van der Waals surface area contributed by atoms with E-state index in [0.717, 1.165) is 38.3 Å². The van der Waals surface area contributed by atoms with Crippen molar-refractivity contribution >= 4 is 29.9 Å². The Morgan fingerprint density at radius 3 is 2.67 bits per heavy atom. The van der Waals surface area contributed by atoms with E-state index in [9.17, 15) is 0 Å². The minimum atomic E-state index is -0.0131. The molecule has 0 aliphatic carbocycles. The SMILES string of the molecule is CC1CC(CCN=C(N)NC(C)(C)C)CCO1.I. The molecule has 3 N–H and O–H groups in total. The molecule has 0 saturated carbocycles. The van der Waals surface area contributed by atoms with E-state index in [1.54, 1.807) is 0 Å². The third-order valence-electron chi connectivity index (χ3n) is 2.92. The van der Waals surface area contributed by atoms with Crippen LogP contribution in [0.3, 0.4) is 0 Å². The van der Waals surface area contributed by atoms with Crippen molar-refractivity contribution in [3.05, 3.63) is 0 Å². The van der Waals surface area contributed by atoms with Crippen molar-refractivity contribution in [3.8, 4) is 0 Å². The summed E-state index contributed by atoms with van der Waals surface area (Å²) in [6, 6.07) is 0.